The van der Waals surface area contributed by atoms with Crippen molar-refractivity contribution in [1.82, 2.24) is 10.2 Å². The van der Waals surface area contributed by atoms with E-state index in [9.17, 15) is 14.7 Å². The smallest absolute Gasteiger partial charge is 0.243 e. The Morgan fingerprint density at radius 1 is 1.26 bits per heavy atom. The van der Waals surface area contributed by atoms with Gasteiger partial charge in [-0.15, -0.1) is 18.3 Å². The largest absolute Gasteiger partial charge is 0.391 e. The van der Waals surface area contributed by atoms with E-state index >= 15 is 0 Å². The average Bonchev–Trinajstić information content (AvgIpc) is 3.08. The number of allylic oxidation sites excluding steroid dienone is 1. The standard InChI is InChI=1S/C25H36N2O3S/c1-7-12-31-23(17(2)3)19-10-8-18(9-11-19)15-26-24(30)21-13-20(28)16-27(21)22(29)14-25(4,5)6/h7-11,20-21,28H,1,12-16H2,2-6H3,(H,26,30)/t20-,21+/m1/s1. The zero-order chi connectivity index (χ0) is 23.2. The zero-order valence-corrected chi connectivity index (χ0v) is 20.2. The monoisotopic (exact) mass is 444 g/mol. The number of amides is 2. The molecule has 0 unspecified atom stereocenters. The molecule has 5 nitrogen and oxygen atoms in total. The average molecular weight is 445 g/mol. The second-order valence-electron chi connectivity index (χ2n) is 9.53. The third kappa shape index (κ3) is 7.54. The van der Waals surface area contributed by atoms with Crippen molar-refractivity contribution in [3.05, 3.63) is 53.6 Å². The summed E-state index contributed by atoms with van der Waals surface area (Å²) >= 11 is 1.76. The number of nitrogens with zero attached hydrogens (tertiary/aromatic N) is 1. The molecule has 1 aromatic rings. The van der Waals surface area contributed by atoms with E-state index in [0.29, 0.717) is 13.0 Å². The summed E-state index contributed by atoms with van der Waals surface area (Å²) in [7, 11) is 0. The Morgan fingerprint density at radius 2 is 1.90 bits per heavy atom. The van der Waals surface area contributed by atoms with Gasteiger partial charge in [0.15, 0.2) is 0 Å². The highest BCUT2D eigenvalue weighted by Gasteiger charge is 2.39. The van der Waals surface area contributed by atoms with Crippen LogP contribution in [0.15, 0.2) is 42.5 Å². The number of carbonyl (C=O) groups excluding carboxylic acids is 2. The van der Waals surface area contributed by atoms with Crippen LogP contribution in [0.2, 0.25) is 0 Å². The van der Waals surface area contributed by atoms with Gasteiger partial charge in [-0.25, -0.2) is 0 Å². The van der Waals surface area contributed by atoms with Gasteiger partial charge < -0.3 is 15.3 Å². The van der Waals surface area contributed by atoms with Gasteiger partial charge in [0.05, 0.1) is 6.10 Å². The molecule has 2 rings (SSSR count). The van der Waals surface area contributed by atoms with Crippen molar-refractivity contribution in [2.24, 2.45) is 5.41 Å². The third-order valence-electron chi connectivity index (χ3n) is 5.07. The molecule has 2 N–H and O–H groups in total. The van der Waals surface area contributed by atoms with Gasteiger partial charge >= 0.3 is 0 Å². The number of aliphatic hydroxyl groups excluding tert-OH is 1. The molecule has 1 aromatic carbocycles. The summed E-state index contributed by atoms with van der Waals surface area (Å²) in [5, 5.41) is 13.0. The van der Waals surface area contributed by atoms with Gasteiger partial charge in [0.2, 0.25) is 11.8 Å². The minimum Gasteiger partial charge on any atom is -0.391 e. The first-order valence-electron chi connectivity index (χ1n) is 10.8. The number of hydrogen-bond acceptors (Lipinski definition) is 4. The summed E-state index contributed by atoms with van der Waals surface area (Å²) in [4.78, 5) is 28.2. The second-order valence-corrected chi connectivity index (χ2v) is 10.6. The number of nitrogens with one attached hydrogen (secondary N) is 1. The van der Waals surface area contributed by atoms with Crippen LogP contribution in [0.3, 0.4) is 0 Å². The molecular weight excluding hydrogens is 408 g/mol. The fraction of sp³-hybridized carbons (Fsp3) is 0.520. The van der Waals surface area contributed by atoms with Crippen molar-refractivity contribution in [2.75, 3.05) is 12.3 Å². The van der Waals surface area contributed by atoms with Gasteiger partial charge in [0, 0.05) is 36.6 Å². The number of β-amino-alcohol motifs (C(OH)–C–C–N with tert-alkyl or cyclic N) is 1. The van der Waals surface area contributed by atoms with Crippen LogP contribution in [0.5, 0.6) is 0 Å². The molecule has 1 aliphatic heterocycles. The third-order valence-corrected chi connectivity index (χ3v) is 6.40. The van der Waals surface area contributed by atoms with Gasteiger partial charge in [-0.05, 0) is 30.4 Å². The van der Waals surface area contributed by atoms with E-state index in [1.807, 2.05) is 39.0 Å². The Bertz CT molecular complexity index is 820. The first kappa shape index (κ1) is 25.2. The number of carbonyl (C=O) groups is 2. The minimum atomic E-state index is -0.658. The lowest BCUT2D eigenvalue weighted by Crippen LogP contribution is -2.46. The highest BCUT2D eigenvalue weighted by atomic mass is 32.2. The van der Waals surface area contributed by atoms with Crippen LogP contribution in [-0.4, -0.2) is 46.3 Å². The Kier molecular flexibility index (Phi) is 8.95. The number of thioether (sulfide) groups is 1. The zero-order valence-electron chi connectivity index (χ0n) is 19.4. The summed E-state index contributed by atoms with van der Waals surface area (Å²) in [5.74, 6) is 0.560. The predicted octanol–water partition coefficient (Wildman–Crippen LogP) is 4.37. The Labute approximate surface area is 191 Å². The first-order valence-corrected chi connectivity index (χ1v) is 11.8. The Balaban J connectivity index is 2.00. The summed E-state index contributed by atoms with van der Waals surface area (Å²) in [6.07, 6.45) is 1.87. The minimum absolute atomic E-state index is 0.0835. The van der Waals surface area contributed by atoms with Crippen molar-refractivity contribution in [3.63, 3.8) is 0 Å². The van der Waals surface area contributed by atoms with E-state index in [1.165, 1.54) is 15.4 Å². The second kappa shape index (κ2) is 11.0. The number of hydrogen-bond donors (Lipinski definition) is 2. The van der Waals surface area contributed by atoms with Crippen LogP contribution in [0, 0.1) is 5.41 Å². The van der Waals surface area contributed by atoms with E-state index in [4.69, 9.17) is 0 Å². The van der Waals surface area contributed by atoms with E-state index < -0.39 is 12.1 Å². The molecule has 1 heterocycles. The summed E-state index contributed by atoms with van der Waals surface area (Å²) in [6.45, 7) is 14.6. The lowest BCUT2D eigenvalue weighted by molar-refractivity contribution is -0.140. The maximum Gasteiger partial charge on any atom is 0.243 e. The summed E-state index contributed by atoms with van der Waals surface area (Å²) < 4.78 is 0. The highest BCUT2D eigenvalue weighted by Crippen LogP contribution is 2.31. The lowest BCUT2D eigenvalue weighted by atomic mass is 9.91. The van der Waals surface area contributed by atoms with Crippen LogP contribution in [-0.2, 0) is 16.1 Å². The van der Waals surface area contributed by atoms with Crippen LogP contribution in [0.25, 0.3) is 4.91 Å². The van der Waals surface area contributed by atoms with Crippen LogP contribution in [0.1, 0.15) is 58.6 Å². The van der Waals surface area contributed by atoms with Crippen molar-refractivity contribution in [1.29, 1.82) is 0 Å². The quantitative estimate of drug-likeness (QED) is 0.584. The SMILES string of the molecule is C=CCSC(=C(C)C)c1ccc(CNC(=O)[C@@H]2C[C@@H](O)CN2C(=O)CC(C)(C)C)cc1. The molecule has 0 saturated carbocycles. The fourth-order valence-corrected chi connectivity index (χ4v) is 4.51. The van der Waals surface area contributed by atoms with Crippen molar-refractivity contribution < 1.29 is 14.7 Å². The molecule has 1 fully saturated rings. The number of aliphatic hydroxyl groups is 1. The molecule has 2 amide bonds. The molecular formula is C25H36N2O3S. The lowest BCUT2D eigenvalue weighted by Gasteiger charge is -2.27. The topological polar surface area (TPSA) is 69.6 Å². The predicted molar refractivity (Wildman–Crippen MR) is 129 cm³/mol. The molecule has 0 spiro atoms. The van der Waals surface area contributed by atoms with Crippen LogP contribution < -0.4 is 5.32 Å². The van der Waals surface area contributed by atoms with Gasteiger partial charge in [0.25, 0.3) is 0 Å². The molecule has 2 atom stereocenters. The Morgan fingerprint density at radius 3 is 2.45 bits per heavy atom. The normalized spacial score (nSPS) is 18.6. The number of benzene rings is 1. The van der Waals surface area contributed by atoms with Crippen LogP contribution in [0.4, 0.5) is 0 Å². The van der Waals surface area contributed by atoms with Gasteiger partial charge in [-0.3, -0.25) is 9.59 Å². The van der Waals surface area contributed by atoms with Gasteiger partial charge in [-0.1, -0.05) is 56.7 Å². The van der Waals surface area contributed by atoms with E-state index in [1.54, 1.807) is 11.8 Å². The molecule has 1 saturated heterocycles. The molecule has 0 aliphatic carbocycles. The van der Waals surface area contributed by atoms with Crippen molar-refractivity contribution in [2.45, 2.75) is 66.2 Å². The maximum absolute atomic E-state index is 12.8. The fourth-order valence-electron chi connectivity index (χ4n) is 3.63. The summed E-state index contributed by atoms with van der Waals surface area (Å²) in [5.41, 5.74) is 3.24. The van der Waals surface area contributed by atoms with E-state index in [-0.39, 0.29) is 30.2 Å². The molecule has 31 heavy (non-hydrogen) atoms. The highest BCUT2D eigenvalue weighted by molar-refractivity contribution is 8.08. The molecule has 1 aliphatic rings. The Hall–Kier alpha value is -2.05. The molecule has 0 radical (unpaired) electrons. The van der Waals surface area contributed by atoms with Gasteiger partial charge in [-0.2, -0.15) is 0 Å². The van der Waals surface area contributed by atoms with Gasteiger partial charge in [0.1, 0.15) is 6.04 Å². The molecule has 0 bridgehead atoms. The van der Waals surface area contributed by atoms with E-state index in [0.717, 1.165) is 16.9 Å². The van der Waals surface area contributed by atoms with Crippen molar-refractivity contribution >= 4 is 28.5 Å². The maximum atomic E-state index is 12.8. The van der Waals surface area contributed by atoms with Crippen molar-refractivity contribution in [3.8, 4) is 0 Å². The number of rotatable bonds is 8. The van der Waals surface area contributed by atoms with Crippen LogP contribution >= 0.6 is 11.8 Å². The summed E-state index contributed by atoms with van der Waals surface area (Å²) in [6, 6.07) is 7.55. The number of likely N-dealkylation sites (tertiary alicyclic amines) is 1. The van der Waals surface area contributed by atoms with E-state index in [2.05, 4.69) is 37.9 Å². The molecule has 6 heteroatoms. The first-order chi connectivity index (χ1) is 14.5. The molecule has 170 valence electrons. The molecule has 0 aromatic heterocycles.